The minimum Gasteiger partial charge on any atom is -0.348 e. The van der Waals surface area contributed by atoms with Crippen molar-refractivity contribution in [2.24, 2.45) is 7.05 Å². The average molecular weight is 177 g/mol. The largest absolute Gasteiger partial charge is 0.348 e. The number of aryl methyl sites for hydroxylation is 2. The fourth-order valence-corrected chi connectivity index (χ4v) is 1.61. The van der Waals surface area contributed by atoms with Gasteiger partial charge in [-0.15, -0.1) is 0 Å². The van der Waals surface area contributed by atoms with Gasteiger partial charge in [-0.25, -0.2) is 4.39 Å². The normalized spacial score (nSPS) is 11.0. The van der Waals surface area contributed by atoms with Gasteiger partial charge >= 0.3 is 0 Å². The number of hydrogen-bond acceptors (Lipinski definition) is 0. The molecule has 2 heteroatoms. The standard InChI is InChI=1S/C11H12FN/c1-3-8-4-5-11-9(6-8)10(12)7-13(11)2/h4-7H,3H2,1-2H3. The van der Waals surface area contributed by atoms with Crippen molar-refractivity contribution in [2.75, 3.05) is 0 Å². The van der Waals surface area contributed by atoms with Gasteiger partial charge in [0.05, 0.1) is 5.52 Å². The minimum atomic E-state index is -0.132. The van der Waals surface area contributed by atoms with Crippen LogP contribution in [-0.4, -0.2) is 4.57 Å². The SMILES string of the molecule is CCc1ccc2c(c1)c(F)cn2C. The van der Waals surface area contributed by atoms with Gasteiger partial charge in [-0.3, -0.25) is 0 Å². The van der Waals surface area contributed by atoms with Crippen molar-refractivity contribution in [1.29, 1.82) is 0 Å². The summed E-state index contributed by atoms with van der Waals surface area (Å²) in [4.78, 5) is 0. The second-order valence-corrected chi connectivity index (χ2v) is 3.29. The first-order valence-electron chi connectivity index (χ1n) is 4.46. The van der Waals surface area contributed by atoms with Crippen LogP contribution in [0.3, 0.4) is 0 Å². The number of halogens is 1. The van der Waals surface area contributed by atoms with Crippen molar-refractivity contribution >= 4 is 10.9 Å². The molecule has 0 spiro atoms. The van der Waals surface area contributed by atoms with Crippen molar-refractivity contribution in [3.05, 3.63) is 35.8 Å². The molecule has 1 nitrogen and oxygen atoms in total. The van der Waals surface area contributed by atoms with Gasteiger partial charge in [0.2, 0.25) is 0 Å². The van der Waals surface area contributed by atoms with Crippen LogP contribution in [0, 0.1) is 5.82 Å². The van der Waals surface area contributed by atoms with Crippen LogP contribution in [0.4, 0.5) is 4.39 Å². The molecule has 13 heavy (non-hydrogen) atoms. The molecule has 0 bridgehead atoms. The summed E-state index contributed by atoms with van der Waals surface area (Å²) in [6.45, 7) is 2.07. The molecule has 0 radical (unpaired) electrons. The summed E-state index contributed by atoms with van der Waals surface area (Å²) in [5.74, 6) is -0.132. The molecule has 0 fully saturated rings. The lowest BCUT2D eigenvalue weighted by molar-refractivity contribution is 0.633. The van der Waals surface area contributed by atoms with E-state index in [1.165, 1.54) is 11.8 Å². The molecule has 0 aliphatic carbocycles. The Kier molecular flexibility index (Phi) is 1.83. The van der Waals surface area contributed by atoms with E-state index in [1.54, 1.807) is 0 Å². The van der Waals surface area contributed by atoms with Crippen LogP contribution in [0.1, 0.15) is 12.5 Å². The van der Waals surface area contributed by atoms with Gasteiger partial charge in [0.1, 0.15) is 5.82 Å². The van der Waals surface area contributed by atoms with E-state index in [4.69, 9.17) is 0 Å². The van der Waals surface area contributed by atoms with Crippen molar-refractivity contribution in [2.45, 2.75) is 13.3 Å². The third-order valence-corrected chi connectivity index (χ3v) is 2.41. The molecule has 0 amide bonds. The van der Waals surface area contributed by atoms with Crippen molar-refractivity contribution in [3.63, 3.8) is 0 Å². The summed E-state index contributed by atoms with van der Waals surface area (Å²) in [6, 6.07) is 5.93. The van der Waals surface area contributed by atoms with E-state index in [2.05, 4.69) is 6.92 Å². The summed E-state index contributed by atoms with van der Waals surface area (Å²) < 4.78 is 15.1. The van der Waals surface area contributed by atoms with E-state index >= 15 is 0 Å². The van der Waals surface area contributed by atoms with E-state index < -0.39 is 0 Å². The molecule has 68 valence electrons. The van der Waals surface area contributed by atoms with Crippen LogP contribution in [-0.2, 0) is 13.5 Å². The number of benzene rings is 1. The molecule has 2 rings (SSSR count). The van der Waals surface area contributed by atoms with Gasteiger partial charge in [-0.2, -0.15) is 0 Å². The Balaban J connectivity index is 2.76. The topological polar surface area (TPSA) is 4.93 Å². The molecular weight excluding hydrogens is 165 g/mol. The predicted octanol–water partition coefficient (Wildman–Crippen LogP) is 2.88. The van der Waals surface area contributed by atoms with Gasteiger partial charge in [0.25, 0.3) is 0 Å². The number of rotatable bonds is 1. The minimum absolute atomic E-state index is 0.132. The zero-order valence-corrected chi connectivity index (χ0v) is 7.84. The second-order valence-electron chi connectivity index (χ2n) is 3.29. The maximum Gasteiger partial charge on any atom is 0.148 e. The molecule has 2 aromatic rings. The van der Waals surface area contributed by atoms with Gasteiger partial charge in [0, 0.05) is 18.6 Å². The van der Waals surface area contributed by atoms with Crippen molar-refractivity contribution in [1.82, 2.24) is 4.57 Å². The lowest BCUT2D eigenvalue weighted by atomic mass is 10.1. The Bertz CT molecular complexity index is 443. The monoisotopic (exact) mass is 177 g/mol. The Morgan fingerprint density at radius 3 is 2.85 bits per heavy atom. The van der Waals surface area contributed by atoms with Gasteiger partial charge in [0.15, 0.2) is 0 Å². The summed E-state index contributed by atoms with van der Waals surface area (Å²) in [5.41, 5.74) is 2.13. The molecule has 1 aromatic heterocycles. The first kappa shape index (κ1) is 8.30. The molecule has 0 aliphatic rings. The average Bonchev–Trinajstić information content (AvgIpc) is 2.42. The molecule has 0 saturated heterocycles. The Labute approximate surface area is 76.8 Å². The smallest absolute Gasteiger partial charge is 0.148 e. The van der Waals surface area contributed by atoms with Gasteiger partial charge in [-0.05, 0) is 24.1 Å². The highest BCUT2D eigenvalue weighted by molar-refractivity contribution is 5.81. The van der Waals surface area contributed by atoms with Crippen molar-refractivity contribution in [3.8, 4) is 0 Å². The number of aromatic nitrogens is 1. The van der Waals surface area contributed by atoms with E-state index in [0.29, 0.717) is 0 Å². The molecule has 0 saturated carbocycles. The highest BCUT2D eigenvalue weighted by Crippen LogP contribution is 2.20. The molecule has 0 unspecified atom stereocenters. The van der Waals surface area contributed by atoms with Crippen LogP contribution >= 0.6 is 0 Å². The zero-order chi connectivity index (χ0) is 9.42. The highest BCUT2D eigenvalue weighted by Gasteiger charge is 2.05. The Morgan fingerprint density at radius 2 is 2.15 bits per heavy atom. The summed E-state index contributed by atoms with van der Waals surface area (Å²) >= 11 is 0. The molecular formula is C11H12FN. The molecule has 0 atom stereocenters. The van der Waals surface area contributed by atoms with E-state index in [1.807, 2.05) is 29.8 Å². The van der Waals surface area contributed by atoms with E-state index in [0.717, 1.165) is 17.3 Å². The zero-order valence-electron chi connectivity index (χ0n) is 7.84. The lowest BCUT2D eigenvalue weighted by Gasteiger charge is -1.98. The summed E-state index contributed by atoms with van der Waals surface area (Å²) in [7, 11) is 1.86. The lowest BCUT2D eigenvalue weighted by Crippen LogP contribution is -1.84. The quantitative estimate of drug-likeness (QED) is 0.631. The molecule has 1 aromatic carbocycles. The van der Waals surface area contributed by atoms with Crippen LogP contribution in [0.15, 0.2) is 24.4 Å². The van der Waals surface area contributed by atoms with Gasteiger partial charge in [-0.1, -0.05) is 13.0 Å². The Hall–Kier alpha value is -1.31. The fourth-order valence-electron chi connectivity index (χ4n) is 1.61. The first-order chi connectivity index (χ1) is 6.22. The number of fused-ring (bicyclic) bond motifs is 1. The molecule has 1 heterocycles. The third-order valence-electron chi connectivity index (χ3n) is 2.41. The third kappa shape index (κ3) is 1.22. The Morgan fingerprint density at radius 1 is 1.38 bits per heavy atom. The van der Waals surface area contributed by atoms with E-state index in [9.17, 15) is 4.39 Å². The van der Waals surface area contributed by atoms with E-state index in [-0.39, 0.29) is 5.82 Å². The fraction of sp³-hybridized carbons (Fsp3) is 0.273. The molecule has 0 aliphatic heterocycles. The maximum atomic E-state index is 13.3. The molecule has 0 N–H and O–H groups in total. The van der Waals surface area contributed by atoms with Crippen molar-refractivity contribution < 1.29 is 4.39 Å². The summed E-state index contributed by atoms with van der Waals surface area (Å²) in [5, 5.41) is 0.724. The second kappa shape index (κ2) is 2.87. The highest BCUT2D eigenvalue weighted by atomic mass is 19.1. The predicted molar refractivity (Wildman–Crippen MR) is 52.3 cm³/mol. The van der Waals surface area contributed by atoms with Crippen LogP contribution < -0.4 is 0 Å². The number of nitrogens with zero attached hydrogens (tertiary/aromatic N) is 1. The van der Waals surface area contributed by atoms with Crippen LogP contribution in [0.2, 0.25) is 0 Å². The van der Waals surface area contributed by atoms with Gasteiger partial charge < -0.3 is 4.57 Å². The van der Waals surface area contributed by atoms with Crippen LogP contribution in [0.25, 0.3) is 10.9 Å². The summed E-state index contributed by atoms with van der Waals surface area (Å²) in [6.07, 6.45) is 2.47. The van der Waals surface area contributed by atoms with Crippen LogP contribution in [0.5, 0.6) is 0 Å². The number of hydrogen-bond donors (Lipinski definition) is 0. The maximum absolute atomic E-state index is 13.3. The first-order valence-corrected chi connectivity index (χ1v) is 4.46.